The highest BCUT2D eigenvalue weighted by Gasteiger charge is 2.47. The molecule has 2 atom stereocenters. The van der Waals surface area contributed by atoms with Crippen LogP contribution < -0.4 is 5.32 Å². The summed E-state index contributed by atoms with van der Waals surface area (Å²) >= 11 is 5.88. The number of hydrogen-bond donors (Lipinski definition) is 1. The van der Waals surface area contributed by atoms with Crippen molar-refractivity contribution in [3.05, 3.63) is 53.2 Å². The zero-order valence-electron chi connectivity index (χ0n) is 12.8. The Kier molecular flexibility index (Phi) is 3.76. The molecule has 1 N–H and O–H groups in total. The Balaban J connectivity index is 1.62. The van der Waals surface area contributed by atoms with Gasteiger partial charge in [-0.1, -0.05) is 6.07 Å². The first-order chi connectivity index (χ1) is 11.6. The zero-order valence-corrected chi connectivity index (χ0v) is 13.6. The SMILES string of the molecule is O=C(N[C@@H]1CC(=O)N(C2CC2)[C@H]1c1cccnc1)c1ccoc1Cl. The second-order valence-electron chi connectivity index (χ2n) is 6.16. The number of carbonyl (C=O) groups is 2. The number of pyridine rings is 1. The van der Waals surface area contributed by atoms with Crippen molar-refractivity contribution >= 4 is 23.4 Å². The maximum absolute atomic E-state index is 12.5. The predicted octanol–water partition coefficient (Wildman–Crippen LogP) is 2.56. The van der Waals surface area contributed by atoms with Crippen molar-refractivity contribution in [2.24, 2.45) is 0 Å². The summed E-state index contributed by atoms with van der Waals surface area (Å²) in [5.41, 5.74) is 1.21. The van der Waals surface area contributed by atoms with Gasteiger partial charge in [-0.15, -0.1) is 0 Å². The third-order valence-electron chi connectivity index (χ3n) is 4.51. The minimum atomic E-state index is -0.335. The standard InChI is InChI=1S/C17H16ClN3O3/c18-16-12(5-7-24-16)17(23)20-13-8-14(22)21(11-3-4-11)15(13)10-2-1-6-19-9-10/h1-2,5-7,9,11,13,15H,3-4,8H2,(H,20,23)/t13-,15+/m1/s1. The normalized spacial score (nSPS) is 23.5. The van der Waals surface area contributed by atoms with Gasteiger partial charge in [0.1, 0.15) is 0 Å². The fraction of sp³-hybridized carbons (Fsp3) is 0.353. The van der Waals surface area contributed by atoms with E-state index in [0.717, 1.165) is 18.4 Å². The molecule has 2 amide bonds. The van der Waals surface area contributed by atoms with Crippen molar-refractivity contribution in [3.8, 4) is 0 Å². The van der Waals surface area contributed by atoms with Gasteiger partial charge < -0.3 is 14.6 Å². The summed E-state index contributed by atoms with van der Waals surface area (Å²) in [6.45, 7) is 0. The van der Waals surface area contributed by atoms with Gasteiger partial charge in [0, 0.05) is 24.9 Å². The van der Waals surface area contributed by atoms with Crippen molar-refractivity contribution in [2.75, 3.05) is 0 Å². The Morgan fingerprint density at radius 2 is 2.21 bits per heavy atom. The Morgan fingerprint density at radius 1 is 1.38 bits per heavy atom. The molecular formula is C17H16ClN3O3. The second-order valence-corrected chi connectivity index (χ2v) is 6.50. The third kappa shape index (κ3) is 2.67. The Hall–Kier alpha value is -2.34. The molecule has 0 unspecified atom stereocenters. The van der Waals surface area contributed by atoms with E-state index < -0.39 is 0 Å². The van der Waals surface area contributed by atoms with Crippen LogP contribution in [0.5, 0.6) is 0 Å². The number of carbonyl (C=O) groups excluding carboxylic acids is 2. The lowest BCUT2D eigenvalue weighted by Crippen LogP contribution is -2.40. The molecule has 0 spiro atoms. The van der Waals surface area contributed by atoms with Crippen molar-refractivity contribution < 1.29 is 14.0 Å². The molecule has 4 rings (SSSR count). The van der Waals surface area contributed by atoms with Crippen LogP contribution >= 0.6 is 11.6 Å². The number of rotatable bonds is 4. The third-order valence-corrected chi connectivity index (χ3v) is 4.80. The topological polar surface area (TPSA) is 75.4 Å². The lowest BCUT2D eigenvalue weighted by molar-refractivity contribution is -0.129. The number of halogens is 1. The molecule has 1 saturated heterocycles. The molecule has 1 aliphatic carbocycles. The van der Waals surface area contributed by atoms with Crippen LogP contribution in [0, 0.1) is 0 Å². The van der Waals surface area contributed by atoms with Crippen LogP contribution in [-0.2, 0) is 4.79 Å². The van der Waals surface area contributed by atoms with Crippen molar-refractivity contribution in [1.29, 1.82) is 0 Å². The van der Waals surface area contributed by atoms with Gasteiger partial charge in [-0.25, -0.2) is 0 Å². The van der Waals surface area contributed by atoms with E-state index in [0.29, 0.717) is 0 Å². The van der Waals surface area contributed by atoms with Crippen molar-refractivity contribution in [2.45, 2.75) is 37.4 Å². The molecule has 1 aliphatic heterocycles. The molecule has 124 valence electrons. The number of aromatic nitrogens is 1. The van der Waals surface area contributed by atoms with Crippen LogP contribution in [0.1, 0.15) is 41.2 Å². The molecule has 7 heteroatoms. The highest BCUT2D eigenvalue weighted by molar-refractivity contribution is 6.32. The van der Waals surface area contributed by atoms with Crippen molar-refractivity contribution in [1.82, 2.24) is 15.2 Å². The van der Waals surface area contributed by atoms with Gasteiger partial charge in [0.25, 0.3) is 5.91 Å². The van der Waals surface area contributed by atoms with E-state index in [9.17, 15) is 9.59 Å². The molecular weight excluding hydrogens is 330 g/mol. The van der Waals surface area contributed by atoms with E-state index in [4.69, 9.17) is 16.0 Å². The molecule has 2 aromatic heterocycles. The highest BCUT2D eigenvalue weighted by Crippen LogP contribution is 2.41. The zero-order chi connectivity index (χ0) is 16.7. The molecule has 2 aliphatic rings. The van der Waals surface area contributed by atoms with E-state index in [2.05, 4.69) is 10.3 Å². The average Bonchev–Trinajstić information content (AvgIpc) is 3.24. The number of hydrogen-bond acceptors (Lipinski definition) is 4. The first-order valence-electron chi connectivity index (χ1n) is 7.90. The van der Waals surface area contributed by atoms with Gasteiger partial charge in [0.2, 0.25) is 11.1 Å². The molecule has 0 radical (unpaired) electrons. The van der Waals surface area contributed by atoms with Crippen LogP contribution in [0.3, 0.4) is 0 Å². The summed E-state index contributed by atoms with van der Waals surface area (Å²) in [6, 6.07) is 5.05. The summed E-state index contributed by atoms with van der Waals surface area (Å²) in [6.07, 6.45) is 7.11. The fourth-order valence-corrected chi connectivity index (χ4v) is 3.51. The molecule has 3 heterocycles. The summed E-state index contributed by atoms with van der Waals surface area (Å²) in [5, 5.41) is 2.99. The number of likely N-dealkylation sites (tertiary alicyclic amines) is 1. The smallest absolute Gasteiger partial charge is 0.256 e. The maximum atomic E-state index is 12.5. The van der Waals surface area contributed by atoms with Gasteiger partial charge in [0.15, 0.2) is 0 Å². The lowest BCUT2D eigenvalue weighted by Gasteiger charge is -2.28. The maximum Gasteiger partial charge on any atom is 0.256 e. The van der Waals surface area contributed by atoms with E-state index in [1.165, 1.54) is 12.3 Å². The van der Waals surface area contributed by atoms with E-state index >= 15 is 0 Å². The Morgan fingerprint density at radius 3 is 2.83 bits per heavy atom. The summed E-state index contributed by atoms with van der Waals surface area (Å²) in [5.74, 6) is -0.270. The number of nitrogens with zero attached hydrogens (tertiary/aromatic N) is 2. The fourth-order valence-electron chi connectivity index (χ4n) is 3.31. The van der Waals surface area contributed by atoms with E-state index in [-0.39, 0.29) is 47.1 Å². The number of amides is 2. The second kappa shape index (κ2) is 5.94. The average molecular weight is 346 g/mol. The molecule has 24 heavy (non-hydrogen) atoms. The largest absolute Gasteiger partial charge is 0.452 e. The molecule has 6 nitrogen and oxygen atoms in total. The van der Waals surface area contributed by atoms with Crippen LogP contribution in [0.15, 0.2) is 41.3 Å². The Bertz CT molecular complexity index is 772. The molecule has 0 bridgehead atoms. The lowest BCUT2D eigenvalue weighted by atomic mass is 10.0. The summed E-state index contributed by atoms with van der Waals surface area (Å²) in [7, 11) is 0. The first-order valence-corrected chi connectivity index (χ1v) is 8.28. The summed E-state index contributed by atoms with van der Waals surface area (Å²) in [4.78, 5) is 31.0. The minimum Gasteiger partial charge on any atom is -0.452 e. The quantitative estimate of drug-likeness (QED) is 0.924. The van der Waals surface area contributed by atoms with Crippen molar-refractivity contribution in [3.63, 3.8) is 0 Å². The van der Waals surface area contributed by atoms with Gasteiger partial charge in [-0.2, -0.15) is 0 Å². The van der Waals surface area contributed by atoms with Gasteiger partial charge >= 0.3 is 0 Å². The van der Waals surface area contributed by atoms with Gasteiger partial charge in [-0.05, 0) is 42.1 Å². The molecule has 1 saturated carbocycles. The van der Waals surface area contributed by atoms with Crippen LogP contribution in [0.2, 0.25) is 5.22 Å². The number of furan rings is 1. The highest BCUT2D eigenvalue weighted by atomic mass is 35.5. The predicted molar refractivity (Wildman–Crippen MR) is 86.4 cm³/mol. The van der Waals surface area contributed by atoms with E-state index in [1.807, 2.05) is 17.0 Å². The van der Waals surface area contributed by atoms with Crippen LogP contribution in [0.25, 0.3) is 0 Å². The minimum absolute atomic E-state index is 0.0498. The van der Waals surface area contributed by atoms with Crippen LogP contribution in [-0.4, -0.2) is 33.8 Å². The molecule has 2 fully saturated rings. The van der Waals surface area contributed by atoms with Crippen LogP contribution in [0.4, 0.5) is 0 Å². The number of nitrogens with one attached hydrogen (secondary N) is 1. The summed E-state index contributed by atoms with van der Waals surface area (Å²) < 4.78 is 4.97. The molecule has 0 aromatic carbocycles. The van der Waals surface area contributed by atoms with E-state index in [1.54, 1.807) is 12.4 Å². The molecule has 2 aromatic rings. The first kappa shape index (κ1) is 15.2. The van der Waals surface area contributed by atoms with Gasteiger partial charge in [-0.3, -0.25) is 14.6 Å². The monoisotopic (exact) mass is 345 g/mol. The Labute approximate surface area is 143 Å². The van der Waals surface area contributed by atoms with Gasteiger partial charge in [0.05, 0.1) is 23.9 Å².